The maximum atomic E-state index is 12.3. The predicted molar refractivity (Wildman–Crippen MR) is 75.7 cm³/mol. The van der Waals surface area contributed by atoms with Gasteiger partial charge in [-0.15, -0.1) is 0 Å². The van der Waals surface area contributed by atoms with E-state index < -0.39 is 10.0 Å². The van der Waals surface area contributed by atoms with Crippen molar-refractivity contribution < 1.29 is 17.9 Å². The molecule has 0 radical (unpaired) electrons. The summed E-state index contributed by atoms with van der Waals surface area (Å²) in [6.07, 6.45) is 6.00. The lowest BCUT2D eigenvalue weighted by atomic mass is 10.1. The Labute approximate surface area is 124 Å². The lowest BCUT2D eigenvalue weighted by molar-refractivity contribution is 0.123. The number of methoxy groups -OCH3 is 1. The second-order valence-corrected chi connectivity index (χ2v) is 7.60. The fourth-order valence-corrected chi connectivity index (χ4v) is 4.38. The van der Waals surface area contributed by atoms with Gasteiger partial charge in [0.05, 0.1) is 31.3 Å². The van der Waals surface area contributed by atoms with Crippen LogP contribution in [0.4, 0.5) is 0 Å². The monoisotopic (exact) mass is 313 g/mol. The van der Waals surface area contributed by atoms with Crippen molar-refractivity contribution in [1.29, 1.82) is 0 Å². The summed E-state index contributed by atoms with van der Waals surface area (Å²) in [5.41, 5.74) is 0. The van der Waals surface area contributed by atoms with E-state index in [0.717, 1.165) is 25.7 Å². The van der Waals surface area contributed by atoms with Crippen molar-refractivity contribution in [2.45, 2.75) is 37.0 Å². The van der Waals surface area contributed by atoms with E-state index in [9.17, 15) is 8.42 Å². The van der Waals surface area contributed by atoms with E-state index in [2.05, 4.69) is 9.97 Å². The van der Waals surface area contributed by atoms with Gasteiger partial charge in [-0.1, -0.05) is 0 Å². The van der Waals surface area contributed by atoms with E-state index >= 15 is 0 Å². The van der Waals surface area contributed by atoms with Crippen LogP contribution in [0.25, 0.3) is 0 Å². The first kappa shape index (κ1) is 14.5. The van der Waals surface area contributed by atoms with Gasteiger partial charge in [0.2, 0.25) is 21.8 Å². The van der Waals surface area contributed by atoms with Gasteiger partial charge in [-0.25, -0.2) is 8.42 Å². The highest BCUT2D eigenvalue weighted by Crippen LogP contribution is 2.32. The van der Waals surface area contributed by atoms with Crippen LogP contribution in [0, 0.1) is 0 Å². The number of piperidine rings is 1. The summed E-state index contributed by atoms with van der Waals surface area (Å²) in [7, 11) is -1.62. The number of rotatable bonds is 5. The van der Waals surface area contributed by atoms with Gasteiger partial charge in [-0.2, -0.15) is 9.29 Å². The maximum absolute atomic E-state index is 12.3. The van der Waals surface area contributed by atoms with Crippen molar-refractivity contribution >= 4 is 10.0 Å². The van der Waals surface area contributed by atoms with Gasteiger partial charge in [0.1, 0.15) is 6.10 Å². The SMILES string of the molecule is COc1cncc(OC2CCCN(S(=O)(=O)C3CC3)C2)n1. The van der Waals surface area contributed by atoms with Crippen molar-refractivity contribution in [3.63, 3.8) is 0 Å². The van der Waals surface area contributed by atoms with Crippen LogP contribution in [0.1, 0.15) is 25.7 Å². The van der Waals surface area contributed by atoms with Crippen molar-refractivity contribution in [3.05, 3.63) is 12.4 Å². The molecule has 1 aromatic heterocycles. The molecule has 2 fully saturated rings. The fraction of sp³-hybridized carbons (Fsp3) is 0.692. The van der Waals surface area contributed by atoms with Gasteiger partial charge in [0.15, 0.2) is 0 Å². The average molecular weight is 313 g/mol. The Morgan fingerprint density at radius 3 is 2.71 bits per heavy atom. The lowest BCUT2D eigenvalue weighted by Crippen LogP contribution is -2.45. The number of hydrogen-bond donors (Lipinski definition) is 0. The molecule has 116 valence electrons. The standard InChI is InChI=1S/C13H19N3O4S/c1-19-12-7-14-8-13(15-12)20-10-3-2-6-16(9-10)21(17,18)11-4-5-11/h7-8,10-11H,2-6,9H2,1H3. The molecule has 0 N–H and O–H groups in total. The van der Waals surface area contributed by atoms with Crippen molar-refractivity contribution in [2.24, 2.45) is 0 Å². The highest BCUT2D eigenvalue weighted by Gasteiger charge is 2.41. The number of nitrogens with zero attached hydrogens (tertiary/aromatic N) is 3. The number of ether oxygens (including phenoxy) is 2. The molecule has 1 atom stereocenters. The smallest absolute Gasteiger partial charge is 0.235 e. The quantitative estimate of drug-likeness (QED) is 0.800. The largest absolute Gasteiger partial charge is 0.480 e. The van der Waals surface area contributed by atoms with Crippen LogP contribution >= 0.6 is 0 Å². The van der Waals surface area contributed by atoms with E-state index in [-0.39, 0.29) is 11.4 Å². The van der Waals surface area contributed by atoms with Gasteiger partial charge in [-0.05, 0) is 25.7 Å². The fourth-order valence-electron chi connectivity index (χ4n) is 2.47. The topological polar surface area (TPSA) is 81.6 Å². The molecule has 7 nitrogen and oxygen atoms in total. The van der Waals surface area contributed by atoms with E-state index in [1.54, 1.807) is 4.31 Å². The van der Waals surface area contributed by atoms with Gasteiger partial charge in [-0.3, -0.25) is 4.98 Å². The Balaban J connectivity index is 1.65. The molecule has 2 aliphatic rings. The zero-order chi connectivity index (χ0) is 14.9. The molecular weight excluding hydrogens is 294 g/mol. The summed E-state index contributed by atoms with van der Waals surface area (Å²) in [5.74, 6) is 0.746. The molecule has 2 heterocycles. The Kier molecular flexibility index (Phi) is 3.99. The van der Waals surface area contributed by atoms with Crippen LogP contribution < -0.4 is 9.47 Å². The third-order valence-electron chi connectivity index (χ3n) is 3.73. The molecule has 1 aliphatic carbocycles. The van der Waals surface area contributed by atoms with Crippen LogP contribution in [0.3, 0.4) is 0 Å². The van der Waals surface area contributed by atoms with Gasteiger partial charge < -0.3 is 9.47 Å². The molecule has 21 heavy (non-hydrogen) atoms. The molecule has 0 bridgehead atoms. The molecule has 0 spiro atoms. The van der Waals surface area contributed by atoms with E-state index in [0.29, 0.717) is 24.8 Å². The second kappa shape index (κ2) is 5.76. The summed E-state index contributed by atoms with van der Waals surface area (Å²) in [6.45, 7) is 0.972. The minimum Gasteiger partial charge on any atom is -0.480 e. The molecule has 1 saturated carbocycles. The van der Waals surface area contributed by atoms with Crippen LogP contribution in [0.2, 0.25) is 0 Å². The molecule has 1 aliphatic heterocycles. The third kappa shape index (κ3) is 3.26. The summed E-state index contributed by atoms with van der Waals surface area (Å²) in [6, 6.07) is 0. The average Bonchev–Trinajstić information content (AvgIpc) is 3.33. The molecule has 3 rings (SSSR count). The highest BCUT2D eigenvalue weighted by molar-refractivity contribution is 7.90. The lowest BCUT2D eigenvalue weighted by Gasteiger charge is -2.31. The molecular formula is C13H19N3O4S. The van der Waals surface area contributed by atoms with E-state index in [1.807, 2.05) is 0 Å². The normalized spacial score (nSPS) is 23.8. The first-order chi connectivity index (χ1) is 10.1. The first-order valence-electron chi connectivity index (χ1n) is 7.11. The second-order valence-electron chi connectivity index (χ2n) is 5.38. The van der Waals surface area contributed by atoms with Crippen molar-refractivity contribution in [1.82, 2.24) is 14.3 Å². The molecule has 1 saturated heterocycles. The Morgan fingerprint density at radius 1 is 1.24 bits per heavy atom. The summed E-state index contributed by atoms with van der Waals surface area (Å²) in [4.78, 5) is 8.13. The van der Waals surface area contributed by atoms with Crippen LogP contribution in [0.15, 0.2) is 12.4 Å². The maximum Gasteiger partial charge on any atom is 0.235 e. The molecule has 1 aromatic rings. The van der Waals surface area contributed by atoms with Crippen LogP contribution in [-0.4, -0.2) is 54.2 Å². The minimum absolute atomic E-state index is 0.173. The first-order valence-corrected chi connectivity index (χ1v) is 8.61. The Bertz CT molecular complexity index is 603. The Hall–Kier alpha value is -1.41. The minimum atomic E-state index is -3.13. The van der Waals surface area contributed by atoms with Crippen LogP contribution in [-0.2, 0) is 10.0 Å². The van der Waals surface area contributed by atoms with Gasteiger partial charge in [0, 0.05) is 6.54 Å². The number of hydrogen-bond acceptors (Lipinski definition) is 6. The van der Waals surface area contributed by atoms with Gasteiger partial charge in [0.25, 0.3) is 0 Å². The summed E-state index contributed by atoms with van der Waals surface area (Å²) < 4.78 is 36.9. The third-order valence-corrected chi connectivity index (χ3v) is 6.10. The zero-order valence-corrected chi connectivity index (χ0v) is 12.8. The van der Waals surface area contributed by atoms with Gasteiger partial charge >= 0.3 is 0 Å². The molecule has 0 aromatic carbocycles. The summed E-state index contributed by atoms with van der Waals surface area (Å²) in [5, 5.41) is -0.173. The molecule has 1 unspecified atom stereocenters. The predicted octanol–water partition coefficient (Wildman–Crippen LogP) is 0.821. The Morgan fingerprint density at radius 2 is 2.00 bits per heavy atom. The highest BCUT2D eigenvalue weighted by atomic mass is 32.2. The van der Waals surface area contributed by atoms with Crippen molar-refractivity contribution in [3.8, 4) is 11.8 Å². The molecule has 0 amide bonds. The number of aromatic nitrogens is 2. The van der Waals surface area contributed by atoms with Crippen molar-refractivity contribution in [2.75, 3.05) is 20.2 Å². The van der Waals surface area contributed by atoms with Crippen LogP contribution in [0.5, 0.6) is 11.8 Å². The zero-order valence-electron chi connectivity index (χ0n) is 11.9. The van der Waals surface area contributed by atoms with E-state index in [1.165, 1.54) is 19.5 Å². The molecule has 8 heteroatoms. The summed E-state index contributed by atoms with van der Waals surface area (Å²) >= 11 is 0. The number of sulfonamides is 1. The van der Waals surface area contributed by atoms with E-state index in [4.69, 9.17) is 9.47 Å².